The third-order valence-corrected chi connectivity index (χ3v) is 3.69. The summed E-state index contributed by atoms with van der Waals surface area (Å²) in [6.07, 6.45) is 9.28. The predicted molar refractivity (Wildman–Crippen MR) is 67.5 cm³/mol. The number of nitrogens with zero attached hydrogens (tertiary/aromatic N) is 4. The Balaban J connectivity index is 1.94. The van der Waals surface area contributed by atoms with E-state index < -0.39 is 0 Å². The van der Waals surface area contributed by atoms with Crippen LogP contribution in [0.4, 0.5) is 0 Å². The molecule has 0 amide bonds. The molecule has 0 bridgehead atoms. The van der Waals surface area contributed by atoms with Gasteiger partial charge in [-0.05, 0) is 6.07 Å². The van der Waals surface area contributed by atoms with E-state index in [1.807, 2.05) is 36.9 Å². The van der Waals surface area contributed by atoms with Gasteiger partial charge < -0.3 is 4.42 Å². The van der Waals surface area contributed by atoms with Gasteiger partial charge in [-0.3, -0.25) is 9.97 Å². The first-order valence-electron chi connectivity index (χ1n) is 6.12. The summed E-state index contributed by atoms with van der Waals surface area (Å²) in [5, 5.41) is 0. The Hall–Kier alpha value is -2.69. The van der Waals surface area contributed by atoms with Gasteiger partial charge in [0, 0.05) is 24.0 Å². The van der Waals surface area contributed by atoms with E-state index in [9.17, 15) is 0 Å². The number of pyridine rings is 1. The summed E-state index contributed by atoms with van der Waals surface area (Å²) < 4.78 is 10.3. The molecule has 0 saturated heterocycles. The molecule has 4 aromatic heterocycles. The third-order valence-electron chi connectivity index (χ3n) is 3.69. The molecule has 0 aromatic carbocycles. The number of rotatable bonds is 0. The van der Waals surface area contributed by atoms with Crippen LogP contribution in [0.5, 0.6) is 0 Å². The molecule has 1 aliphatic rings. The van der Waals surface area contributed by atoms with Crippen molar-refractivity contribution in [3.8, 4) is 11.5 Å². The molecule has 5 nitrogen and oxygen atoms in total. The lowest BCUT2D eigenvalue weighted by Crippen LogP contribution is -2.31. The van der Waals surface area contributed by atoms with Crippen LogP contribution in [0.1, 0.15) is 5.56 Å². The average molecular weight is 249 g/mol. The minimum absolute atomic E-state index is 0.828. The van der Waals surface area contributed by atoms with Gasteiger partial charge in [-0.15, -0.1) is 0 Å². The lowest BCUT2D eigenvalue weighted by molar-refractivity contribution is -0.651. The van der Waals surface area contributed by atoms with Crippen molar-refractivity contribution in [2.45, 2.75) is 6.54 Å². The Morgan fingerprint density at radius 3 is 3.16 bits per heavy atom. The fourth-order valence-electron chi connectivity index (χ4n) is 2.85. The molecule has 0 saturated carbocycles. The van der Waals surface area contributed by atoms with Crippen LogP contribution >= 0.6 is 0 Å². The van der Waals surface area contributed by atoms with E-state index in [1.54, 1.807) is 6.20 Å². The second kappa shape index (κ2) is 3.00. The smallest absolute Gasteiger partial charge is 0.333 e. The van der Waals surface area contributed by atoms with E-state index >= 15 is 0 Å². The summed E-state index contributed by atoms with van der Waals surface area (Å²) in [5.41, 5.74) is 5.34. The van der Waals surface area contributed by atoms with E-state index in [4.69, 9.17) is 4.42 Å². The Labute approximate surface area is 107 Å². The standard InChI is InChI=1S/C14H9N4O/c1-2-15-7-11-9(1)8-18-13-12(19-14(11)18)5-10-6-16-3-4-17(10)13/h1-7H,8H2/q+1. The number of oxazole rings is 1. The highest BCUT2D eigenvalue weighted by atomic mass is 16.4. The number of hydrogen-bond donors (Lipinski definition) is 0. The zero-order valence-electron chi connectivity index (χ0n) is 9.95. The highest BCUT2D eigenvalue weighted by Crippen LogP contribution is 2.31. The van der Waals surface area contributed by atoms with Gasteiger partial charge in [-0.25, -0.2) is 0 Å². The van der Waals surface area contributed by atoms with Crippen molar-refractivity contribution in [3.63, 3.8) is 0 Å². The summed E-state index contributed by atoms with van der Waals surface area (Å²) >= 11 is 0. The van der Waals surface area contributed by atoms with E-state index in [2.05, 4.69) is 18.9 Å². The molecule has 0 aliphatic carbocycles. The van der Waals surface area contributed by atoms with Gasteiger partial charge in [-0.1, -0.05) is 0 Å². The van der Waals surface area contributed by atoms with E-state index in [0.717, 1.165) is 34.7 Å². The predicted octanol–water partition coefficient (Wildman–Crippen LogP) is 1.79. The van der Waals surface area contributed by atoms with Crippen LogP contribution in [0.15, 0.2) is 47.5 Å². The molecule has 19 heavy (non-hydrogen) atoms. The van der Waals surface area contributed by atoms with Gasteiger partial charge in [0.25, 0.3) is 5.89 Å². The molecule has 0 atom stereocenters. The Morgan fingerprint density at radius 2 is 2.16 bits per heavy atom. The Morgan fingerprint density at radius 1 is 1.21 bits per heavy atom. The molecule has 5 rings (SSSR count). The van der Waals surface area contributed by atoms with Crippen molar-refractivity contribution >= 4 is 16.7 Å². The molecule has 0 radical (unpaired) electrons. The van der Waals surface area contributed by atoms with Crippen LogP contribution in [-0.2, 0) is 6.54 Å². The van der Waals surface area contributed by atoms with Crippen LogP contribution < -0.4 is 4.57 Å². The molecule has 1 aliphatic heterocycles. The maximum Gasteiger partial charge on any atom is 0.333 e. The molecule has 5 heteroatoms. The first kappa shape index (κ1) is 9.27. The third kappa shape index (κ3) is 1.03. The largest absolute Gasteiger partial charge is 0.414 e. The maximum absolute atomic E-state index is 6.00. The maximum atomic E-state index is 6.00. The Bertz CT molecular complexity index is 951. The first-order chi connectivity index (χ1) is 9.42. The molecule has 0 fully saturated rings. The van der Waals surface area contributed by atoms with Crippen LogP contribution in [-0.4, -0.2) is 14.4 Å². The van der Waals surface area contributed by atoms with Crippen LogP contribution in [0.3, 0.4) is 0 Å². The number of fused-ring (bicyclic) bond motifs is 7. The van der Waals surface area contributed by atoms with E-state index in [1.165, 1.54) is 5.56 Å². The molecule has 0 unspecified atom stereocenters. The van der Waals surface area contributed by atoms with Gasteiger partial charge >= 0.3 is 5.65 Å². The van der Waals surface area contributed by atoms with Gasteiger partial charge in [0.15, 0.2) is 5.52 Å². The molecular formula is C14H9N4O+. The lowest BCUT2D eigenvalue weighted by Gasteiger charge is -1.91. The SMILES string of the molecule is c1cc2c(cn1)-c1oc3cc4cnccn4c3[n+]1C2. The van der Waals surface area contributed by atoms with Crippen LogP contribution in [0, 0.1) is 0 Å². The average Bonchev–Trinajstić information content (AvgIpc) is 3.05. The van der Waals surface area contributed by atoms with Crippen molar-refractivity contribution in [2.75, 3.05) is 0 Å². The quantitative estimate of drug-likeness (QED) is 0.393. The fourth-order valence-corrected chi connectivity index (χ4v) is 2.85. The molecular weight excluding hydrogens is 240 g/mol. The number of hydrogen-bond acceptors (Lipinski definition) is 3. The van der Waals surface area contributed by atoms with Gasteiger partial charge in [0.05, 0.1) is 18.0 Å². The Kier molecular flexibility index (Phi) is 1.46. The molecule has 0 N–H and O–H groups in total. The van der Waals surface area contributed by atoms with Gasteiger partial charge in [0.1, 0.15) is 12.7 Å². The minimum atomic E-state index is 0.828. The van der Waals surface area contributed by atoms with Crippen molar-refractivity contribution in [2.24, 2.45) is 0 Å². The van der Waals surface area contributed by atoms with E-state index in [-0.39, 0.29) is 0 Å². The van der Waals surface area contributed by atoms with Crippen molar-refractivity contribution in [1.82, 2.24) is 14.4 Å². The monoisotopic (exact) mass is 249 g/mol. The normalized spacial score (nSPS) is 13.1. The summed E-state index contributed by atoms with van der Waals surface area (Å²) in [6.45, 7) is 0.828. The summed E-state index contributed by atoms with van der Waals surface area (Å²) in [7, 11) is 0. The summed E-state index contributed by atoms with van der Waals surface area (Å²) in [6, 6.07) is 4.06. The summed E-state index contributed by atoms with van der Waals surface area (Å²) in [4.78, 5) is 8.32. The molecule has 4 aromatic rings. The van der Waals surface area contributed by atoms with Gasteiger partial charge in [0.2, 0.25) is 5.58 Å². The van der Waals surface area contributed by atoms with Crippen molar-refractivity contribution in [1.29, 1.82) is 0 Å². The number of aromatic nitrogens is 4. The highest BCUT2D eigenvalue weighted by molar-refractivity contribution is 5.78. The van der Waals surface area contributed by atoms with Crippen LogP contribution in [0.25, 0.3) is 28.2 Å². The van der Waals surface area contributed by atoms with Crippen LogP contribution in [0.2, 0.25) is 0 Å². The van der Waals surface area contributed by atoms with E-state index in [0.29, 0.717) is 0 Å². The molecule has 0 spiro atoms. The zero-order chi connectivity index (χ0) is 12.4. The fraction of sp³-hybridized carbons (Fsp3) is 0.0714. The topological polar surface area (TPSA) is 47.2 Å². The minimum Gasteiger partial charge on any atom is -0.414 e. The second-order valence-electron chi connectivity index (χ2n) is 4.73. The van der Waals surface area contributed by atoms with Gasteiger partial charge in [-0.2, -0.15) is 8.97 Å². The van der Waals surface area contributed by atoms with Crippen molar-refractivity contribution in [3.05, 3.63) is 48.7 Å². The summed E-state index contributed by atoms with van der Waals surface area (Å²) in [5.74, 6) is 0.888. The second-order valence-corrected chi connectivity index (χ2v) is 4.73. The first-order valence-corrected chi connectivity index (χ1v) is 6.12. The zero-order valence-corrected chi connectivity index (χ0v) is 9.95. The highest BCUT2D eigenvalue weighted by Gasteiger charge is 2.32. The molecule has 5 heterocycles. The van der Waals surface area contributed by atoms with Crippen molar-refractivity contribution < 1.29 is 8.98 Å². The molecule has 90 valence electrons. The lowest BCUT2D eigenvalue weighted by atomic mass is 10.2.